The zero-order valence-corrected chi connectivity index (χ0v) is 31.8. The summed E-state index contributed by atoms with van der Waals surface area (Å²) in [5.74, 6) is -0.482. The van der Waals surface area contributed by atoms with Crippen LogP contribution in [0, 0.1) is 0 Å². The van der Waals surface area contributed by atoms with E-state index in [4.69, 9.17) is 27.9 Å². The van der Waals surface area contributed by atoms with E-state index in [0.717, 1.165) is 54.8 Å². The van der Waals surface area contributed by atoms with Crippen LogP contribution in [0.25, 0.3) is 0 Å². The molecule has 2 saturated heterocycles. The molecule has 0 bridgehead atoms. The van der Waals surface area contributed by atoms with E-state index >= 15 is 4.79 Å². The molecule has 7 nitrogen and oxygen atoms in total. The Morgan fingerprint density at radius 1 is 0.868 bits per heavy atom. The minimum atomic E-state index is -4.63. The standard InChI is InChI=1S/C40H41Cl2F3N4O3.ClH/c1-24(2)52-35-22-30(40(43,44)45)12-17-34(35)39(38(51)29-6-4-26(5-7-29)23-49-20-18-33(19-21-49)46-25(3)50)47-36(27-8-13-31(41)14-9-27)37(48-39)28-10-15-32(42)16-11-28;/h4-17,22,24,33,36-37,47-48H,18-21,23H2,1-3H3,(H,46,50);1H. The SMILES string of the molecule is CC(=O)NC1CCN(Cc2ccc(C(=O)C3(c4ccc(C(F)(F)F)cc4OC(C)C)NC(c4ccc(Cl)cc4)C(c4ccc(Cl)cc4)N3)cc2)CC1.Cl. The predicted octanol–water partition coefficient (Wildman–Crippen LogP) is 9.03. The summed E-state index contributed by atoms with van der Waals surface area (Å²) in [4.78, 5) is 28.9. The number of ketones is 1. The maximum atomic E-state index is 15.1. The number of amides is 1. The van der Waals surface area contributed by atoms with Crippen LogP contribution < -0.4 is 20.7 Å². The highest BCUT2D eigenvalue weighted by Crippen LogP contribution is 2.46. The molecule has 4 aromatic rings. The summed E-state index contributed by atoms with van der Waals surface area (Å²) in [5, 5.41) is 11.2. The van der Waals surface area contributed by atoms with Crippen LogP contribution in [0.2, 0.25) is 10.0 Å². The molecule has 2 aliphatic rings. The zero-order chi connectivity index (χ0) is 37.2. The molecule has 0 saturated carbocycles. The van der Waals surface area contributed by atoms with E-state index in [1.165, 1.54) is 13.0 Å². The second-order valence-corrected chi connectivity index (χ2v) is 14.6. The number of nitrogens with zero attached hydrogens (tertiary/aromatic N) is 1. The Morgan fingerprint density at radius 2 is 1.40 bits per heavy atom. The highest BCUT2D eigenvalue weighted by molar-refractivity contribution is 6.30. The van der Waals surface area contributed by atoms with Crippen LogP contribution in [0.5, 0.6) is 5.75 Å². The molecule has 0 aliphatic carbocycles. The molecule has 53 heavy (non-hydrogen) atoms. The Labute approximate surface area is 324 Å². The van der Waals surface area contributed by atoms with Crippen LogP contribution in [0.1, 0.15) is 83.9 Å². The summed E-state index contributed by atoms with van der Waals surface area (Å²) in [6.45, 7) is 7.30. The Morgan fingerprint density at radius 3 is 1.87 bits per heavy atom. The number of carbonyl (C=O) groups is 2. The van der Waals surface area contributed by atoms with Crippen molar-refractivity contribution in [3.05, 3.63) is 134 Å². The van der Waals surface area contributed by atoms with Gasteiger partial charge in [-0.1, -0.05) is 77.8 Å². The number of carbonyl (C=O) groups excluding carboxylic acids is 2. The average molecular weight is 790 g/mol. The first kappa shape index (κ1) is 40.5. The van der Waals surface area contributed by atoms with Gasteiger partial charge in [-0.25, -0.2) is 0 Å². The molecular formula is C40H42Cl3F3N4O3. The fourth-order valence-corrected chi connectivity index (χ4v) is 7.35. The van der Waals surface area contributed by atoms with Crippen molar-refractivity contribution >= 4 is 47.3 Å². The van der Waals surface area contributed by atoms with Crippen molar-refractivity contribution in [1.29, 1.82) is 0 Å². The summed E-state index contributed by atoms with van der Waals surface area (Å²) in [6, 6.07) is 24.1. The quantitative estimate of drug-likeness (QED) is 0.139. The summed E-state index contributed by atoms with van der Waals surface area (Å²) in [7, 11) is 0. The molecule has 282 valence electrons. The first-order valence-corrected chi connectivity index (χ1v) is 18.1. The fraction of sp³-hybridized carbons (Fsp3) is 0.350. The average Bonchev–Trinajstić information content (AvgIpc) is 3.50. The van der Waals surface area contributed by atoms with Crippen LogP contribution in [-0.2, 0) is 23.2 Å². The van der Waals surface area contributed by atoms with Gasteiger partial charge in [-0.3, -0.25) is 25.1 Å². The molecule has 3 N–H and O–H groups in total. The van der Waals surface area contributed by atoms with Crippen molar-refractivity contribution in [2.45, 2.75) is 76.2 Å². The van der Waals surface area contributed by atoms with Crippen LogP contribution in [0.4, 0.5) is 13.2 Å². The van der Waals surface area contributed by atoms with Crippen LogP contribution in [-0.4, -0.2) is 41.8 Å². The molecule has 6 rings (SSSR count). The third-order valence-corrected chi connectivity index (χ3v) is 10.1. The molecule has 0 aromatic heterocycles. The molecule has 2 aliphatic heterocycles. The lowest BCUT2D eigenvalue weighted by molar-refractivity contribution is -0.137. The molecule has 1 amide bonds. The minimum Gasteiger partial charge on any atom is -0.491 e. The molecular weight excluding hydrogens is 748 g/mol. The van der Waals surface area contributed by atoms with Gasteiger partial charge in [-0.15, -0.1) is 12.4 Å². The monoisotopic (exact) mass is 788 g/mol. The molecule has 4 aromatic carbocycles. The molecule has 13 heteroatoms. The summed E-state index contributed by atoms with van der Waals surface area (Å²) in [5.41, 5.74) is 0.588. The second-order valence-electron chi connectivity index (χ2n) is 13.7. The molecule has 0 spiro atoms. The fourth-order valence-electron chi connectivity index (χ4n) is 7.09. The lowest BCUT2D eigenvalue weighted by Crippen LogP contribution is -2.53. The van der Waals surface area contributed by atoms with E-state index in [0.29, 0.717) is 22.2 Å². The van der Waals surface area contributed by atoms with Crippen LogP contribution in [0.15, 0.2) is 91.0 Å². The zero-order valence-electron chi connectivity index (χ0n) is 29.5. The normalized spacial score (nSPS) is 20.9. The minimum absolute atomic E-state index is 0. The lowest BCUT2D eigenvalue weighted by atomic mass is 9.88. The van der Waals surface area contributed by atoms with E-state index in [-0.39, 0.29) is 41.5 Å². The van der Waals surface area contributed by atoms with Gasteiger partial charge in [0.1, 0.15) is 5.75 Å². The molecule has 2 unspecified atom stereocenters. The number of hydrogen-bond acceptors (Lipinski definition) is 6. The largest absolute Gasteiger partial charge is 0.491 e. The van der Waals surface area contributed by atoms with Crippen molar-refractivity contribution in [3.63, 3.8) is 0 Å². The first-order valence-electron chi connectivity index (χ1n) is 17.3. The third-order valence-electron chi connectivity index (χ3n) is 9.57. The van der Waals surface area contributed by atoms with Gasteiger partial charge in [0, 0.05) is 53.8 Å². The van der Waals surface area contributed by atoms with Crippen molar-refractivity contribution in [2.75, 3.05) is 13.1 Å². The number of ether oxygens (including phenoxy) is 1. The van der Waals surface area contributed by atoms with Gasteiger partial charge in [-0.05, 0) is 79.8 Å². The number of hydrogen-bond donors (Lipinski definition) is 3. The maximum Gasteiger partial charge on any atom is 0.416 e. The number of alkyl halides is 3. The number of benzene rings is 4. The topological polar surface area (TPSA) is 82.7 Å². The summed E-state index contributed by atoms with van der Waals surface area (Å²) in [6.07, 6.45) is -3.41. The Bertz CT molecular complexity index is 1830. The van der Waals surface area contributed by atoms with Gasteiger partial charge in [0.25, 0.3) is 0 Å². The van der Waals surface area contributed by atoms with Crippen LogP contribution >= 0.6 is 35.6 Å². The van der Waals surface area contributed by atoms with Crippen molar-refractivity contribution in [2.24, 2.45) is 0 Å². The van der Waals surface area contributed by atoms with Crippen molar-refractivity contribution in [3.8, 4) is 5.75 Å². The Kier molecular flexibility index (Phi) is 12.8. The number of halogens is 6. The van der Waals surface area contributed by atoms with Gasteiger partial charge < -0.3 is 10.1 Å². The lowest BCUT2D eigenvalue weighted by Gasteiger charge is -2.33. The van der Waals surface area contributed by atoms with Gasteiger partial charge in [0.2, 0.25) is 11.7 Å². The van der Waals surface area contributed by atoms with E-state index in [2.05, 4.69) is 20.9 Å². The molecule has 2 heterocycles. The van der Waals surface area contributed by atoms with Gasteiger partial charge in [-0.2, -0.15) is 13.2 Å². The number of Topliss-reactive ketones (excluding diaryl/α,β-unsaturated/α-hetero) is 1. The highest BCUT2D eigenvalue weighted by Gasteiger charge is 2.53. The van der Waals surface area contributed by atoms with E-state index in [9.17, 15) is 18.0 Å². The number of nitrogens with one attached hydrogen (secondary N) is 3. The number of rotatable bonds is 10. The first-order chi connectivity index (χ1) is 24.7. The van der Waals surface area contributed by atoms with E-state index < -0.39 is 35.6 Å². The van der Waals surface area contributed by atoms with Crippen LogP contribution in [0.3, 0.4) is 0 Å². The smallest absolute Gasteiger partial charge is 0.416 e. The molecule has 2 fully saturated rings. The predicted molar refractivity (Wildman–Crippen MR) is 204 cm³/mol. The summed E-state index contributed by atoms with van der Waals surface area (Å²) < 4.78 is 48.2. The second kappa shape index (κ2) is 16.8. The number of likely N-dealkylation sites (tertiary alicyclic amines) is 1. The molecule has 2 atom stereocenters. The van der Waals surface area contributed by atoms with E-state index in [1.807, 2.05) is 36.4 Å². The Hall–Kier alpha value is -3.64. The number of piperidine rings is 1. The maximum absolute atomic E-state index is 15.1. The summed E-state index contributed by atoms with van der Waals surface area (Å²) >= 11 is 12.5. The Balaban J connectivity index is 0.00000541. The van der Waals surface area contributed by atoms with E-state index in [1.54, 1.807) is 50.2 Å². The third kappa shape index (κ3) is 9.36. The highest BCUT2D eigenvalue weighted by atomic mass is 35.5. The van der Waals surface area contributed by atoms with Gasteiger partial charge >= 0.3 is 6.18 Å². The molecule has 0 radical (unpaired) electrons. The van der Waals surface area contributed by atoms with Crippen molar-refractivity contribution < 1.29 is 27.5 Å². The van der Waals surface area contributed by atoms with Gasteiger partial charge in [0.05, 0.1) is 23.8 Å². The van der Waals surface area contributed by atoms with Gasteiger partial charge in [0.15, 0.2) is 5.66 Å². The van der Waals surface area contributed by atoms with Crippen molar-refractivity contribution in [1.82, 2.24) is 20.9 Å².